The highest BCUT2D eigenvalue weighted by Gasteiger charge is 2.13. The Hall–Kier alpha value is -1.34. The third kappa shape index (κ3) is 9.07. The summed E-state index contributed by atoms with van der Waals surface area (Å²) in [5.74, 6) is 1.18. The number of hydrogen-bond acceptors (Lipinski definition) is 6. The van der Waals surface area contributed by atoms with Crippen LogP contribution in [0.15, 0.2) is 18.2 Å². The van der Waals surface area contributed by atoms with Crippen LogP contribution in [0.5, 0.6) is 11.5 Å². The molecule has 2 unspecified atom stereocenters. The van der Waals surface area contributed by atoms with Gasteiger partial charge < -0.3 is 30.3 Å². The lowest BCUT2D eigenvalue weighted by molar-refractivity contribution is 0.0906. The average molecular weight is 354 g/mol. The van der Waals surface area contributed by atoms with Gasteiger partial charge in [0.25, 0.3) is 0 Å². The second-order valence-electron chi connectivity index (χ2n) is 6.96. The van der Waals surface area contributed by atoms with Gasteiger partial charge in [-0.15, -0.1) is 0 Å². The van der Waals surface area contributed by atoms with Crippen LogP contribution in [-0.2, 0) is 0 Å². The summed E-state index contributed by atoms with van der Waals surface area (Å²) < 4.78 is 11.5. The highest BCUT2D eigenvalue weighted by atomic mass is 16.5. The van der Waals surface area contributed by atoms with E-state index in [4.69, 9.17) is 9.47 Å². The van der Waals surface area contributed by atoms with Gasteiger partial charge in [0.1, 0.15) is 25.4 Å². The number of aryl methyl sites for hydroxylation is 1. The highest BCUT2D eigenvalue weighted by molar-refractivity contribution is 5.45. The summed E-state index contributed by atoms with van der Waals surface area (Å²) in [6.45, 7) is 11.3. The molecule has 0 saturated heterocycles. The minimum Gasteiger partial charge on any atom is -0.487 e. The van der Waals surface area contributed by atoms with Crippen LogP contribution in [-0.4, -0.2) is 60.8 Å². The van der Waals surface area contributed by atoms with Gasteiger partial charge in [0.15, 0.2) is 11.5 Å². The minimum absolute atomic E-state index is 0.178. The Balaban J connectivity index is 2.56. The Morgan fingerprint density at radius 2 is 1.40 bits per heavy atom. The Kier molecular flexibility index (Phi) is 9.82. The predicted molar refractivity (Wildman–Crippen MR) is 100 cm³/mol. The van der Waals surface area contributed by atoms with Crippen molar-refractivity contribution in [3.8, 4) is 11.5 Å². The van der Waals surface area contributed by atoms with Crippen LogP contribution in [0.4, 0.5) is 0 Å². The molecule has 4 N–H and O–H groups in total. The summed E-state index contributed by atoms with van der Waals surface area (Å²) in [6.07, 6.45) is -1.20. The lowest BCUT2D eigenvalue weighted by Gasteiger charge is -2.19. The van der Waals surface area contributed by atoms with Crippen molar-refractivity contribution in [1.82, 2.24) is 10.6 Å². The first-order valence-electron chi connectivity index (χ1n) is 8.97. The third-order valence-corrected chi connectivity index (χ3v) is 3.55. The first kappa shape index (κ1) is 21.7. The third-order valence-electron chi connectivity index (χ3n) is 3.55. The SMILES string of the molecule is Cc1cccc(OCC(O)CNC(C)C)c1OCC(O)CNC(C)C. The summed E-state index contributed by atoms with van der Waals surface area (Å²) in [6, 6.07) is 6.25. The van der Waals surface area contributed by atoms with Gasteiger partial charge in [-0.1, -0.05) is 39.8 Å². The second kappa shape index (κ2) is 11.3. The predicted octanol–water partition coefficient (Wildman–Crippen LogP) is 1.47. The Morgan fingerprint density at radius 3 is 1.92 bits per heavy atom. The summed E-state index contributed by atoms with van der Waals surface area (Å²) in [7, 11) is 0. The minimum atomic E-state index is -0.601. The van der Waals surface area contributed by atoms with Gasteiger partial charge in [0.05, 0.1) is 0 Å². The molecule has 1 rings (SSSR count). The molecule has 0 aliphatic heterocycles. The molecule has 0 aliphatic rings. The first-order valence-corrected chi connectivity index (χ1v) is 8.97. The van der Waals surface area contributed by atoms with E-state index >= 15 is 0 Å². The molecule has 0 fully saturated rings. The van der Waals surface area contributed by atoms with Crippen LogP contribution in [0.25, 0.3) is 0 Å². The molecule has 1 aromatic rings. The molecule has 6 nitrogen and oxygen atoms in total. The van der Waals surface area contributed by atoms with E-state index in [0.717, 1.165) is 5.56 Å². The van der Waals surface area contributed by atoms with Crippen LogP contribution in [0, 0.1) is 6.92 Å². The number of aliphatic hydroxyl groups excluding tert-OH is 2. The molecule has 0 radical (unpaired) electrons. The van der Waals surface area contributed by atoms with Gasteiger partial charge in [-0.2, -0.15) is 0 Å². The lowest BCUT2D eigenvalue weighted by Crippen LogP contribution is -2.35. The largest absolute Gasteiger partial charge is 0.487 e. The number of ether oxygens (including phenoxy) is 2. The molecular formula is C19H34N2O4. The lowest BCUT2D eigenvalue weighted by atomic mass is 10.2. The molecule has 6 heteroatoms. The fourth-order valence-electron chi connectivity index (χ4n) is 2.15. The van der Waals surface area contributed by atoms with Gasteiger partial charge in [0, 0.05) is 25.2 Å². The molecule has 0 heterocycles. The summed E-state index contributed by atoms with van der Waals surface area (Å²) in [4.78, 5) is 0. The molecule has 0 amide bonds. The second-order valence-corrected chi connectivity index (χ2v) is 6.96. The van der Waals surface area contributed by atoms with E-state index in [-0.39, 0.29) is 13.2 Å². The van der Waals surface area contributed by atoms with Crippen molar-refractivity contribution >= 4 is 0 Å². The van der Waals surface area contributed by atoms with Crippen molar-refractivity contribution in [2.45, 2.75) is 58.9 Å². The Bertz CT molecular complexity index is 494. The van der Waals surface area contributed by atoms with Gasteiger partial charge in [-0.25, -0.2) is 0 Å². The van der Waals surface area contributed by atoms with Crippen molar-refractivity contribution in [2.75, 3.05) is 26.3 Å². The number of aliphatic hydroxyl groups is 2. The van der Waals surface area contributed by atoms with E-state index in [2.05, 4.69) is 10.6 Å². The molecule has 2 atom stereocenters. The monoisotopic (exact) mass is 354 g/mol. The van der Waals surface area contributed by atoms with Crippen LogP contribution in [0.3, 0.4) is 0 Å². The molecule has 1 aromatic carbocycles. The van der Waals surface area contributed by atoms with Gasteiger partial charge in [0.2, 0.25) is 0 Å². The topological polar surface area (TPSA) is 83.0 Å². The van der Waals surface area contributed by atoms with Crippen LogP contribution in [0.1, 0.15) is 33.3 Å². The van der Waals surface area contributed by atoms with E-state index in [1.807, 2.05) is 52.8 Å². The summed E-state index contributed by atoms with van der Waals surface area (Å²) >= 11 is 0. The smallest absolute Gasteiger partial charge is 0.164 e. The molecule has 0 spiro atoms. The number of para-hydroxylation sites is 1. The van der Waals surface area contributed by atoms with Gasteiger partial charge >= 0.3 is 0 Å². The maximum atomic E-state index is 10.0. The molecule has 0 bridgehead atoms. The molecule has 0 aromatic heterocycles. The average Bonchev–Trinajstić information content (AvgIpc) is 2.55. The van der Waals surface area contributed by atoms with E-state index in [1.165, 1.54) is 0 Å². The van der Waals surface area contributed by atoms with E-state index < -0.39 is 12.2 Å². The molecular weight excluding hydrogens is 320 g/mol. The zero-order valence-corrected chi connectivity index (χ0v) is 16.1. The maximum Gasteiger partial charge on any atom is 0.164 e. The van der Waals surface area contributed by atoms with Crippen molar-refractivity contribution in [2.24, 2.45) is 0 Å². The van der Waals surface area contributed by atoms with Crippen molar-refractivity contribution < 1.29 is 19.7 Å². The van der Waals surface area contributed by atoms with Gasteiger partial charge in [-0.05, 0) is 18.6 Å². The molecule has 0 aliphatic carbocycles. The van der Waals surface area contributed by atoms with E-state index in [0.29, 0.717) is 36.7 Å². The van der Waals surface area contributed by atoms with Crippen molar-refractivity contribution in [1.29, 1.82) is 0 Å². The van der Waals surface area contributed by atoms with Crippen LogP contribution < -0.4 is 20.1 Å². The van der Waals surface area contributed by atoms with Crippen molar-refractivity contribution in [3.63, 3.8) is 0 Å². The summed E-state index contributed by atoms with van der Waals surface area (Å²) in [5, 5.41) is 26.3. The van der Waals surface area contributed by atoms with Crippen LogP contribution >= 0.6 is 0 Å². The fourth-order valence-corrected chi connectivity index (χ4v) is 2.15. The zero-order valence-electron chi connectivity index (χ0n) is 16.1. The molecule has 0 saturated carbocycles. The number of benzene rings is 1. The molecule has 144 valence electrons. The number of nitrogens with one attached hydrogen (secondary N) is 2. The zero-order chi connectivity index (χ0) is 18.8. The quantitative estimate of drug-likeness (QED) is 0.455. The first-order chi connectivity index (χ1) is 11.8. The standard InChI is InChI=1S/C19H34N2O4/c1-13(2)20-9-16(22)11-24-18-8-6-7-15(5)19(18)25-12-17(23)10-21-14(3)4/h6-8,13-14,16-17,20-23H,9-12H2,1-5H3. The maximum absolute atomic E-state index is 10.0. The van der Waals surface area contributed by atoms with Gasteiger partial charge in [-0.3, -0.25) is 0 Å². The Labute approximate surface area is 151 Å². The Morgan fingerprint density at radius 1 is 0.880 bits per heavy atom. The van der Waals surface area contributed by atoms with Crippen LogP contribution in [0.2, 0.25) is 0 Å². The van der Waals surface area contributed by atoms with E-state index in [9.17, 15) is 10.2 Å². The normalized spacial score (nSPS) is 14.0. The number of hydrogen-bond donors (Lipinski definition) is 4. The highest BCUT2D eigenvalue weighted by Crippen LogP contribution is 2.31. The number of rotatable bonds is 12. The van der Waals surface area contributed by atoms with Crippen molar-refractivity contribution in [3.05, 3.63) is 23.8 Å². The summed E-state index contributed by atoms with van der Waals surface area (Å²) in [5.41, 5.74) is 0.927. The van der Waals surface area contributed by atoms with E-state index in [1.54, 1.807) is 0 Å². The molecule has 25 heavy (non-hydrogen) atoms. The fraction of sp³-hybridized carbons (Fsp3) is 0.684.